The Morgan fingerprint density at radius 2 is 0.938 bits per heavy atom. The van der Waals surface area contributed by atoms with E-state index in [1.807, 2.05) is 0 Å². The first-order chi connectivity index (χ1) is 15.7. The van der Waals surface area contributed by atoms with Crippen LogP contribution in [-0.2, 0) is 0 Å². The van der Waals surface area contributed by atoms with Gasteiger partial charge < -0.3 is 0 Å². The zero-order chi connectivity index (χ0) is 21.7. The maximum atomic E-state index is 2.81. The highest BCUT2D eigenvalue weighted by atomic mass is 14.6. The summed E-state index contributed by atoms with van der Waals surface area (Å²) in [5.41, 5.74) is 0. The van der Waals surface area contributed by atoms with Gasteiger partial charge in [0.2, 0.25) is 0 Å². The summed E-state index contributed by atoms with van der Waals surface area (Å²) in [5, 5.41) is 0. The first-order valence-electron chi connectivity index (χ1n) is 15.7. The molecule has 0 bridgehead atoms. The second-order valence-electron chi connectivity index (χ2n) is 14.4. The van der Waals surface area contributed by atoms with Crippen LogP contribution < -0.4 is 0 Å². The zero-order valence-electron chi connectivity index (χ0n) is 21.7. The van der Waals surface area contributed by atoms with Crippen molar-refractivity contribution >= 4 is 0 Å². The van der Waals surface area contributed by atoms with Crippen LogP contribution in [0.1, 0.15) is 129 Å². The van der Waals surface area contributed by atoms with E-state index < -0.39 is 0 Å². The summed E-state index contributed by atoms with van der Waals surface area (Å²) in [6.07, 6.45) is 28.5. The summed E-state index contributed by atoms with van der Waals surface area (Å²) in [7, 11) is 0. The van der Waals surface area contributed by atoms with Crippen LogP contribution in [0.15, 0.2) is 0 Å². The van der Waals surface area contributed by atoms with Gasteiger partial charge in [0.1, 0.15) is 0 Å². The van der Waals surface area contributed by atoms with E-state index in [9.17, 15) is 0 Å². The average Bonchev–Trinajstić information content (AvgIpc) is 3.50. The molecule has 6 aliphatic rings. The maximum absolute atomic E-state index is 2.81. The van der Waals surface area contributed by atoms with Crippen LogP contribution in [0.4, 0.5) is 0 Å². The molecule has 11 atom stereocenters. The second kappa shape index (κ2) is 9.57. The summed E-state index contributed by atoms with van der Waals surface area (Å²) < 4.78 is 0. The van der Waals surface area contributed by atoms with Gasteiger partial charge in [-0.15, -0.1) is 0 Å². The summed E-state index contributed by atoms with van der Waals surface area (Å²) in [4.78, 5) is 0. The Morgan fingerprint density at radius 1 is 0.375 bits per heavy atom. The highest BCUT2D eigenvalue weighted by Crippen LogP contribution is 2.61. The molecule has 0 amide bonds. The molecule has 0 aromatic rings. The van der Waals surface area contributed by atoms with Crippen LogP contribution in [0, 0.1) is 71.0 Å². The molecule has 0 spiro atoms. The van der Waals surface area contributed by atoms with Crippen LogP contribution in [0.5, 0.6) is 0 Å². The minimum absolute atomic E-state index is 1.01. The van der Waals surface area contributed by atoms with Gasteiger partial charge in [-0.2, -0.15) is 0 Å². The molecule has 32 heavy (non-hydrogen) atoms. The van der Waals surface area contributed by atoms with Crippen molar-refractivity contribution in [1.82, 2.24) is 0 Å². The van der Waals surface area contributed by atoms with Gasteiger partial charge in [0, 0.05) is 0 Å². The van der Waals surface area contributed by atoms with Crippen molar-refractivity contribution in [2.75, 3.05) is 0 Å². The molecule has 11 unspecified atom stereocenters. The minimum Gasteiger partial charge on any atom is -0.0625 e. The first kappa shape index (κ1) is 22.5. The van der Waals surface area contributed by atoms with Gasteiger partial charge in [-0.1, -0.05) is 84.5 Å². The van der Waals surface area contributed by atoms with Crippen molar-refractivity contribution in [3.05, 3.63) is 0 Å². The predicted octanol–water partition coefficient (Wildman–Crippen LogP) is 9.52. The topological polar surface area (TPSA) is 0 Å². The molecule has 0 aliphatic heterocycles. The highest BCUT2D eigenvalue weighted by molar-refractivity contribution is 5.02. The predicted molar refractivity (Wildman–Crippen MR) is 136 cm³/mol. The Balaban J connectivity index is 1.30. The molecule has 182 valence electrons. The highest BCUT2D eigenvalue weighted by Gasteiger charge is 2.53. The van der Waals surface area contributed by atoms with E-state index in [1.54, 1.807) is 109 Å². The van der Waals surface area contributed by atoms with Gasteiger partial charge in [0.15, 0.2) is 0 Å². The Kier molecular flexibility index (Phi) is 6.72. The van der Waals surface area contributed by atoms with Crippen LogP contribution in [0.2, 0.25) is 0 Å². The van der Waals surface area contributed by atoms with Crippen molar-refractivity contribution in [3.63, 3.8) is 0 Å². The van der Waals surface area contributed by atoms with Gasteiger partial charge in [0.05, 0.1) is 0 Å². The lowest BCUT2D eigenvalue weighted by Crippen LogP contribution is -2.50. The Bertz CT molecular complexity index is 616. The third-order valence-electron chi connectivity index (χ3n) is 12.9. The van der Waals surface area contributed by atoms with Crippen molar-refractivity contribution in [1.29, 1.82) is 0 Å². The first-order valence-corrected chi connectivity index (χ1v) is 15.7. The SMILES string of the molecule is CC1CCC(C2CC3CCCCC3C(C3CC(C4CCCC4)CC4CCCCC43)C2C)C1. The molecule has 0 aromatic heterocycles. The molecule has 0 N–H and O–H groups in total. The molecule has 0 nitrogen and oxygen atoms in total. The zero-order valence-corrected chi connectivity index (χ0v) is 21.7. The van der Waals surface area contributed by atoms with Crippen LogP contribution in [-0.4, -0.2) is 0 Å². The summed E-state index contributed by atoms with van der Waals surface area (Å²) in [6, 6.07) is 0. The van der Waals surface area contributed by atoms with Crippen molar-refractivity contribution in [2.45, 2.75) is 129 Å². The lowest BCUT2D eigenvalue weighted by Gasteiger charge is -2.58. The second-order valence-corrected chi connectivity index (χ2v) is 14.4. The summed E-state index contributed by atoms with van der Waals surface area (Å²) >= 11 is 0. The van der Waals surface area contributed by atoms with E-state index in [2.05, 4.69) is 13.8 Å². The van der Waals surface area contributed by atoms with Crippen LogP contribution in [0.3, 0.4) is 0 Å². The van der Waals surface area contributed by atoms with E-state index in [4.69, 9.17) is 0 Å². The van der Waals surface area contributed by atoms with Crippen molar-refractivity contribution in [2.24, 2.45) is 71.0 Å². The summed E-state index contributed by atoms with van der Waals surface area (Å²) in [5.74, 6) is 13.1. The summed E-state index contributed by atoms with van der Waals surface area (Å²) in [6.45, 7) is 5.36. The molecule has 0 saturated heterocycles. The molecule has 0 radical (unpaired) electrons. The molecule has 6 fully saturated rings. The molecule has 6 rings (SSSR count). The minimum atomic E-state index is 1.01. The van der Waals surface area contributed by atoms with Gasteiger partial charge in [-0.3, -0.25) is 0 Å². The molecular weight excluding hydrogens is 384 g/mol. The van der Waals surface area contributed by atoms with E-state index >= 15 is 0 Å². The molecule has 0 heteroatoms. The smallest absolute Gasteiger partial charge is 0.0323 e. The standard InChI is InChI=1S/C32H54/c1-21-15-16-26(17-21)30-19-25-12-6-8-14-29(25)32(22(30)2)31-20-27(23-9-3-4-10-23)18-24-11-5-7-13-28(24)31/h21-32H,3-20H2,1-2H3. The number of hydrogen-bond donors (Lipinski definition) is 0. The van der Waals surface area contributed by atoms with E-state index in [1.165, 1.54) is 6.42 Å². The van der Waals surface area contributed by atoms with Crippen molar-refractivity contribution < 1.29 is 0 Å². The fourth-order valence-corrected chi connectivity index (χ4v) is 11.6. The van der Waals surface area contributed by atoms with Crippen molar-refractivity contribution in [3.8, 4) is 0 Å². The van der Waals surface area contributed by atoms with Gasteiger partial charge >= 0.3 is 0 Å². The molecule has 0 aromatic carbocycles. The monoisotopic (exact) mass is 438 g/mol. The molecule has 0 heterocycles. The van der Waals surface area contributed by atoms with E-state index in [0.717, 1.165) is 71.0 Å². The van der Waals surface area contributed by atoms with Gasteiger partial charge in [-0.05, 0) is 116 Å². The average molecular weight is 439 g/mol. The van der Waals surface area contributed by atoms with E-state index in [-0.39, 0.29) is 0 Å². The largest absolute Gasteiger partial charge is 0.0625 e. The lowest BCUT2D eigenvalue weighted by atomic mass is 9.47. The molecular formula is C32H54. The normalized spacial score (nSPS) is 52.5. The number of hydrogen-bond acceptors (Lipinski definition) is 0. The molecule has 6 aliphatic carbocycles. The number of fused-ring (bicyclic) bond motifs is 2. The van der Waals surface area contributed by atoms with Crippen LogP contribution >= 0.6 is 0 Å². The quantitative estimate of drug-likeness (QED) is 0.411. The Hall–Kier alpha value is 0. The number of rotatable bonds is 3. The van der Waals surface area contributed by atoms with Gasteiger partial charge in [0.25, 0.3) is 0 Å². The van der Waals surface area contributed by atoms with Crippen LogP contribution in [0.25, 0.3) is 0 Å². The van der Waals surface area contributed by atoms with Gasteiger partial charge in [-0.25, -0.2) is 0 Å². The maximum Gasteiger partial charge on any atom is -0.0323 e. The fraction of sp³-hybridized carbons (Fsp3) is 1.00. The Labute approximate surface area is 200 Å². The third-order valence-corrected chi connectivity index (χ3v) is 12.9. The third kappa shape index (κ3) is 4.15. The lowest BCUT2D eigenvalue weighted by molar-refractivity contribution is -0.0863. The van der Waals surface area contributed by atoms with E-state index in [0.29, 0.717) is 0 Å². The molecule has 6 saturated carbocycles. The fourth-order valence-electron chi connectivity index (χ4n) is 11.6. The Morgan fingerprint density at radius 3 is 1.62 bits per heavy atom.